The third-order valence-corrected chi connectivity index (χ3v) is 5.55. The first-order chi connectivity index (χ1) is 12.7. The smallest absolute Gasteiger partial charge is 0.191 e. The number of aliphatic imine (C=N–C) groups is 1. The fourth-order valence-electron chi connectivity index (χ4n) is 3.76. The van der Waals surface area contributed by atoms with Crippen LogP contribution in [0.2, 0.25) is 0 Å². The maximum Gasteiger partial charge on any atom is 0.191 e. The molecule has 0 bridgehead atoms. The highest BCUT2D eigenvalue weighted by molar-refractivity contribution is 5.79. The van der Waals surface area contributed by atoms with Gasteiger partial charge in [0.15, 0.2) is 5.96 Å². The Balaban J connectivity index is 1.50. The van der Waals surface area contributed by atoms with Gasteiger partial charge in [0, 0.05) is 59.2 Å². The van der Waals surface area contributed by atoms with Crippen molar-refractivity contribution in [3.8, 4) is 0 Å². The molecule has 2 N–H and O–H groups in total. The minimum absolute atomic E-state index is 0.541. The summed E-state index contributed by atoms with van der Waals surface area (Å²) < 4.78 is 11.2. The topological polar surface area (TPSA) is 58.1 Å². The molecule has 6 nitrogen and oxygen atoms in total. The Morgan fingerprint density at radius 3 is 2.81 bits per heavy atom. The largest absolute Gasteiger partial charge is 0.381 e. The predicted molar refractivity (Wildman–Crippen MR) is 108 cm³/mol. The van der Waals surface area contributed by atoms with E-state index in [1.807, 2.05) is 7.05 Å². The Hall–Kier alpha value is -0.850. The van der Waals surface area contributed by atoms with Crippen LogP contribution in [0.1, 0.15) is 46.0 Å². The van der Waals surface area contributed by atoms with Crippen molar-refractivity contribution in [2.45, 2.75) is 52.0 Å². The molecular weight excluding hydrogens is 328 g/mol. The summed E-state index contributed by atoms with van der Waals surface area (Å²) in [6.07, 6.45) is 5.98. The molecule has 2 rings (SSSR count). The summed E-state index contributed by atoms with van der Waals surface area (Å²) in [5.74, 6) is 2.40. The van der Waals surface area contributed by atoms with Crippen LogP contribution in [0.3, 0.4) is 0 Å². The third kappa shape index (κ3) is 8.23. The number of likely N-dealkylation sites (tertiary alicyclic amines) is 1. The van der Waals surface area contributed by atoms with Crippen LogP contribution in [0.15, 0.2) is 4.99 Å². The molecule has 0 amide bonds. The molecule has 0 aromatic carbocycles. The summed E-state index contributed by atoms with van der Waals surface area (Å²) in [5, 5.41) is 6.86. The number of rotatable bonds is 9. The number of piperidine rings is 1. The highest BCUT2D eigenvalue weighted by Gasteiger charge is 2.20. The quantitative estimate of drug-likeness (QED) is 0.371. The molecule has 0 aromatic rings. The van der Waals surface area contributed by atoms with Gasteiger partial charge in [0.05, 0.1) is 0 Å². The zero-order valence-electron chi connectivity index (χ0n) is 17.1. The second kappa shape index (κ2) is 12.5. The average Bonchev–Trinajstić information content (AvgIpc) is 2.67. The first-order valence-corrected chi connectivity index (χ1v) is 10.5. The van der Waals surface area contributed by atoms with Crippen molar-refractivity contribution in [3.05, 3.63) is 0 Å². The van der Waals surface area contributed by atoms with Crippen LogP contribution in [0.4, 0.5) is 0 Å². The van der Waals surface area contributed by atoms with Crippen LogP contribution in [-0.4, -0.2) is 76.6 Å². The Morgan fingerprint density at radius 1 is 1.27 bits per heavy atom. The second-order valence-electron chi connectivity index (χ2n) is 7.96. The minimum atomic E-state index is 0.541. The lowest BCUT2D eigenvalue weighted by Gasteiger charge is -2.35. The summed E-state index contributed by atoms with van der Waals surface area (Å²) in [7, 11) is 1.84. The molecule has 0 spiro atoms. The standard InChI is InChI=1S/C20H40N4O2/c1-17-6-4-10-24(15-17)18(2)14-23-20(21-3)22-9-5-11-26-16-19-7-12-25-13-8-19/h17-19H,4-16H2,1-3H3,(H2,21,22,23). The molecule has 6 heteroatoms. The van der Waals surface area contributed by atoms with Crippen LogP contribution >= 0.6 is 0 Å². The second-order valence-corrected chi connectivity index (χ2v) is 7.96. The molecule has 2 atom stereocenters. The van der Waals surface area contributed by atoms with E-state index in [0.717, 1.165) is 70.7 Å². The highest BCUT2D eigenvalue weighted by Crippen LogP contribution is 2.17. The first kappa shape index (κ1) is 21.5. The van der Waals surface area contributed by atoms with Crippen molar-refractivity contribution >= 4 is 5.96 Å². The van der Waals surface area contributed by atoms with Crippen LogP contribution in [0.5, 0.6) is 0 Å². The third-order valence-electron chi connectivity index (χ3n) is 5.55. The van der Waals surface area contributed by atoms with E-state index in [1.165, 1.54) is 25.9 Å². The Kier molecular flexibility index (Phi) is 10.3. The zero-order chi connectivity index (χ0) is 18.6. The van der Waals surface area contributed by atoms with E-state index >= 15 is 0 Å². The molecule has 0 aliphatic carbocycles. The van der Waals surface area contributed by atoms with E-state index < -0.39 is 0 Å². The predicted octanol–water partition coefficient (Wildman–Crippen LogP) is 2.11. The fraction of sp³-hybridized carbons (Fsp3) is 0.950. The number of hydrogen-bond acceptors (Lipinski definition) is 4. The first-order valence-electron chi connectivity index (χ1n) is 10.5. The monoisotopic (exact) mass is 368 g/mol. The van der Waals surface area contributed by atoms with E-state index in [0.29, 0.717) is 12.0 Å². The van der Waals surface area contributed by atoms with Crippen molar-refractivity contribution in [2.75, 3.05) is 59.7 Å². The molecule has 152 valence electrons. The highest BCUT2D eigenvalue weighted by atomic mass is 16.5. The minimum Gasteiger partial charge on any atom is -0.381 e. The van der Waals surface area contributed by atoms with E-state index in [2.05, 4.69) is 34.4 Å². The van der Waals surface area contributed by atoms with Crippen molar-refractivity contribution < 1.29 is 9.47 Å². The number of ether oxygens (including phenoxy) is 2. The van der Waals surface area contributed by atoms with Crippen LogP contribution in [-0.2, 0) is 9.47 Å². The van der Waals surface area contributed by atoms with E-state index in [1.54, 1.807) is 0 Å². The Labute approximate surface area is 160 Å². The number of nitrogens with one attached hydrogen (secondary N) is 2. The number of hydrogen-bond donors (Lipinski definition) is 2. The van der Waals surface area contributed by atoms with Gasteiger partial charge in [-0.25, -0.2) is 0 Å². The Bertz CT molecular complexity index is 399. The molecule has 2 fully saturated rings. The summed E-state index contributed by atoms with van der Waals surface area (Å²) in [6, 6.07) is 0.541. The number of guanidine groups is 1. The van der Waals surface area contributed by atoms with E-state index in [-0.39, 0.29) is 0 Å². The van der Waals surface area contributed by atoms with Crippen molar-refractivity contribution in [2.24, 2.45) is 16.8 Å². The SMILES string of the molecule is CN=C(NCCCOCC1CCOCC1)NCC(C)N1CCCC(C)C1. The maximum atomic E-state index is 5.81. The molecule has 2 unspecified atom stereocenters. The summed E-state index contributed by atoms with van der Waals surface area (Å²) >= 11 is 0. The molecule has 2 saturated heterocycles. The molecule has 0 saturated carbocycles. The van der Waals surface area contributed by atoms with Gasteiger partial charge >= 0.3 is 0 Å². The average molecular weight is 369 g/mol. The Morgan fingerprint density at radius 2 is 2.08 bits per heavy atom. The van der Waals surface area contributed by atoms with Gasteiger partial charge in [0.25, 0.3) is 0 Å². The van der Waals surface area contributed by atoms with Crippen LogP contribution in [0.25, 0.3) is 0 Å². The van der Waals surface area contributed by atoms with Crippen LogP contribution in [0, 0.1) is 11.8 Å². The normalized spacial score (nSPS) is 24.4. The maximum absolute atomic E-state index is 5.81. The molecule has 0 aromatic heterocycles. The molecule has 2 heterocycles. The van der Waals surface area contributed by atoms with Gasteiger partial charge in [-0.3, -0.25) is 9.89 Å². The van der Waals surface area contributed by atoms with Crippen molar-refractivity contribution in [1.82, 2.24) is 15.5 Å². The van der Waals surface area contributed by atoms with Gasteiger partial charge in [-0.05, 0) is 57.4 Å². The van der Waals surface area contributed by atoms with Gasteiger partial charge < -0.3 is 20.1 Å². The summed E-state index contributed by atoms with van der Waals surface area (Å²) in [5.41, 5.74) is 0. The zero-order valence-corrected chi connectivity index (χ0v) is 17.1. The molecule has 2 aliphatic heterocycles. The van der Waals surface area contributed by atoms with E-state index in [9.17, 15) is 0 Å². The molecule has 0 radical (unpaired) electrons. The van der Waals surface area contributed by atoms with Gasteiger partial charge in [-0.15, -0.1) is 0 Å². The van der Waals surface area contributed by atoms with Gasteiger partial charge in [-0.2, -0.15) is 0 Å². The van der Waals surface area contributed by atoms with Crippen molar-refractivity contribution in [3.63, 3.8) is 0 Å². The van der Waals surface area contributed by atoms with E-state index in [4.69, 9.17) is 9.47 Å². The van der Waals surface area contributed by atoms with Crippen LogP contribution < -0.4 is 10.6 Å². The molecule has 26 heavy (non-hydrogen) atoms. The fourth-order valence-corrected chi connectivity index (χ4v) is 3.76. The lowest BCUT2D eigenvalue weighted by Crippen LogP contribution is -2.48. The lowest BCUT2D eigenvalue weighted by atomic mass is 9.99. The number of nitrogens with zero attached hydrogens (tertiary/aromatic N) is 2. The molecule has 2 aliphatic rings. The lowest BCUT2D eigenvalue weighted by molar-refractivity contribution is 0.0203. The summed E-state index contributed by atoms with van der Waals surface area (Å²) in [6.45, 7) is 12.4. The van der Waals surface area contributed by atoms with Gasteiger partial charge in [-0.1, -0.05) is 6.92 Å². The van der Waals surface area contributed by atoms with Crippen molar-refractivity contribution in [1.29, 1.82) is 0 Å². The molecular formula is C20H40N4O2. The summed E-state index contributed by atoms with van der Waals surface area (Å²) in [4.78, 5) is 6.93. The van der Waals surface area contributed by atoms with Gasteiger partial charge in [0.2, 0.25) is 0 Å². The van der Waals surface area contributed by atoms with Gasteiger partial charge in [0.1, 0.15) is 0 Å².